The summed E-state index contributed by atoms with van der Waals surface area (Å²) in [6.45, 7) is 5.39. The van der Waals surface area contributed by atoms with Crippen LogP contribution in [0.3, 0.4) is 0 Å². The molecule has 3 aromatic rings. The van der Waals surface area contributed by atoms with Crippen LogP contribution in [0.2, 0.25) is 10.0 Å². The van der Waals surface area contributed by atoms with E-state index in [9.17, 15) is 14.7 Å². The number of halogens is 2. The lowest BCUT2D eigenvalue weighted by Crippen LogP contribution is -2.44. The first-order chi connectivity index (χ1) is 16.2. The highest BCUT2D eigenvalue weighted by molar-refractivity contribution is 6.42. The van der Waals surface area contributed by atoms with E-state index in [0.717, 1.165) is 16.8 Å². The Kier molecular flexibility index (Phi) is 5.78. The van der Waals surface area contributed by atoms with Crippen molar-refractivity contribution >= 4 is 35.0 Å². The molecule has 7 nitrogen and oxygen atoms in total. The van der Waals surface area contributed by atoms with Crippen molar-refractivity contribution in [3.8, 4) is 5.75 Å². The largest absolute Gasteiger partial charge is 0.508 e. The first kappa shape index (κ1) is 22.7. The predicted molar refractivity (Wildman–Crippen MR) is 129 cm³/mol. The second kappa shape index (κ2) is 8.64. The first-order valence-electron chi connectivity index (χ1n) is 11.2. The van der Waals surface area contributed by atoms with Gasteiger partial charge in [-0.2, -0.15) is 5.10 Å². The molecule has 3 heterocycles. The third-order valence-corrected chi connectivity index (χ3v) is 7.51. The van der Waals surface area contributed by atoms with Gasteiger partial charge in [0.1, 0.15) is 11.4 Å². The summed E-state index contributed by atoms with van der Waals surface area (Å²) in [6.07, 6.45) is 0.573. The van der Waals surface area contributed by atoms with Crippen molar-refractivity contribution in [3.05, 3.63) is 80.6 Å². The van der Waals surface area contributed by atoms with Crippen LogP contribution in [0.15, 0.2) is 42.5 Å². The van der Waals surface area contributed by atoms with Gasteiger partial charge in [-0.3, -0.25) is 14.3 Å². The summed E-state index contributed by atoms with van der Waals surface area (Å²) in [4.78, 5) is 30.5. The van der Waals surface area contributed by atoms with Gasteiger partial charge in [-0.15, -0.1) is 0 Å². The number of carbonyl (C=O) groups is 2. The van der Waals surface area contributed by atoms with Crippen LogP contribution in [0.5, 0.6) is 5.75 Å². The van der Waals surface area contributed by atoms with Crippen LogP contribution in [0, 0.1) is 0 Å². The first-order valence-corrected chi connectivity index (χ1v) is 11.9. The number of rotatable bonds is 3. The molecule has 0 radical (unpaired) electrons. The normalized spacial score (nSPS) is 18.5. The number of hydrogen-bond acceptors (Lipinski definition) is 4. The Balaban J connectivity index is 1.44. The van der Waals surface area contributed by atoms with Gasteiger partial charge in [-0.1, -0.05) is 35.3 Å². The smallest absolute Gasteiger partial charge is 0.273 e. The number of aromatic nitrogens is 2. The molecule has 0 aliphatic carbocycles. The van der Waals surface area contributed by atoms with Gasteiger partial charge in [0.2, 0.25) is 0 Å². The number of fused-ring (bicyclic) bond motifs is 3. The fourth-order valence-electron chi connectivity index (χ4n) is 4.81. The van der Waals surface area contributed by atoms with Crippen LogP contribution >= 0.6 is 23.2 Å². The summed E-state index contributed by atoms with van der Waals surface area (Å²) in [5.74, 6) is -0.0692. The van der Waals surface area contributed by atoms with Crippen LogP contribution in [-0.2, 0) is 19.5 Å². The van der Waals surface area contributed by atoms with Gasteiger partial charge in [0.05, 0.1) is 34.9 Å². The lowest BCUT2D eigenvalue weighted by molar-refractivity contribution is 0.0605. The quantitative estimate of drug-likeness (QED) is 0.567. The Morgan fingerprint density at radius 1 is 1.12 bits per heavy atom. The van der Waals surface area contributed by atoms with Crippen LogP contribution in [0.4, 0.5) is 0 Å². The summed E-state index contributed by atoms with van der Waals surface area (Å²) in [7, 11) is 0. The Morgan fingerprint density at radius 3 is 2.56 bits per heavy atom. The van der Waals surface area contributed by atoms with E-state index in [2.05, 4.69) is 0 Å². The lowest BCUT2D eigenvalue weighted by atomic mass is 9.97. The molecule has 2 amide bonds. The zero-order valence-corrected chi connectivity index (χ0v) is 20.3. The van der Waals surface area contributed by atoms with E-state index in [1.165, 1.54) is 0 Å². The van der Waals surface area contributed by atoms with E-state index in [0.29, 0.717) is 47.4 Å². The Bertz CT molecular complexity index is 1290. The van der Waals surface area contributed by atoms with Crippen molar-refractivity contribution in [1.29, 1.82) is 0 Å². The minimum Gasteiger partial charge on any atom is -0.508 e. The molecule has 0 bridgehead atoms. The molecule has 2 aromatic carbocycles. The Hall–Kier alpha value is -3.03. The van der Waals surface area contributed by atoms with Crippen LogP contribution < -0.4 is 0 Å². The molecule has 0 fully saturated rings. The van der Waals surface area contributed by atoms with Crippen LogP contribution in [-0.4, -0.2) is 49.1 Å². The van der Waals surface area contributed by atoms with Gasteiger partial charge in [-0.05, 0) is 49.7 Å². The molecule has 0 saturated carbocycles. The molecule has 34 heavy (non-hydrogen) atoms. The topological polar surface area (TPSA) is 78.7 Å². The van der Waals surface area contributed by atoms with E-state index in [-0.39, 0.29) is 29.6 Å². The average molecular weight is 499 g/mol. The second-order valence-electron chi connectivity index (χ2n) is 8.88. The Labute approximate surface area is 207 Å². The van der Waals surface area contributed by atoms with E-state index < -0.39 is 0 Å². The SMILES string of the molecule is CC(c1ccc(O)cc1)N1CCn2nc3c(c2C1=O)CN(C(=O)c1ccc(Cl)c(Cl)c1)[C@H](C)C3. The summed E-state index contributed by atoms with van der Waals surface area (Å²) in [6, 6.07) is 11.5. The van der Waals surface area contributed by atoms with E-state index in [1.54, 1.807) is 39.9 Å². The molecule has 176 valence electrons. The highest BCUT2D eigenvalue weighted by atomic mass is 35.5. The zero-order valence-electron chi connectivity index (χ0n) is 18.8. The zero-order chi connectivity index (χ0) is 24.1. The number of phenols is 1. The third kappa shape index (κ3) is 3.83. The van der Waals surface area contributed by atoms with E-state index in [1.807, 2.05) is 30.9 Å². The molecule has 2 aliphatic heterocycles. The average Bonchev–Trinajstić information content (AvgIpc) is 3.18. The number of aromatic hydroxyl groups is 1. The predicted octanol–water partition coefficient (Wildman–Crippen LogP) is 4.70. The highest BCUT2D eigenvalue weighted by Crippen LogP contribution is 2.33. The fraction of sp³-hybridized carbons (Fsp3) is 0.320. The maximum atomic E-state index is 13.6. The van der Waals surface area contributed by atoms with Crippen molar-refractivity contribution in [2.75, 3.05) is 6.54 Å². The molecule has 1 N–H and O–H groups in total. The van der Waals surface area contributed by atoms with Crippen LogP contribution in [0.25, 0.3) is 0 Å². The van der Waals surface area contributed by atoms with Gasteiger partial charge in [0, 0.05) is 30.1 Å². The molecule has 2 atom stereocenters. The van der Waals surface area contributed by atoms with E-state index in [4.69, 9.17) is 28.3 Å². The van der Waals surface area contributed by atoms with Gasteiger partial charge >= 0.3 is 0 Å². The minimum atomic E-state index is -0.163. The molecule has 0 saturated heterocycles. The number of benzene rings is 2. The fourth-order valence-corrected chi connectivity index (χ4v) is 5.10. The van der Waals surface area contributed by atoms with Crippen molar-refractivity contribution < 1.29 is 14.7 Å². The third-order valence-electron chi connectivity index (χ3n) is 6.77. The van der Waals surface area contributed by atoms with Gasteiger partial charge in [-0.25, -0.2) is 0 Å². The molecule has 1 unspecified atom stereocenters. The summed E-state index contributed by atoms with van der Waals surface area (Å²) >= 11 is 12.2. The number of phenolic OH excluding ortho intramolecular Hbond substituents is 1. The summed E-state index contributed by atoms with van der Waals surface area (Å²) < 4.78 is 1.78. The maximum absolute atomic E-state index is 13.6. The highest BCUT2D eigenvalue weighted by Gasteiger charge is 2.38. The van der Waals surface area contributed by atoms with Gasteiger partial charge in [0.25, 0.3) is 11.8 Å². The molecule has 1 aromatic heterocycles. The van der Waals surface area contributed by atoms with Crippen molar-refractivity contribution in [2.45, 2.75) is 45.4 Å². The Morgan fingerprint density at radius 2 is 1.85 bits per heavy atom. The summed E-state index contributed by atoms with van der Waals surface area (Å²) in [5.41, 5.74) is 3.62. The molecule has 9 heteroatoms. The standard InChI is InChI=1S/C25H24Cl2N4O3/c1-14-11-22-19(13-30(14)24(33)17-5-8-20(26)21(27)12-17)23-25(34)29(9-10-31(23)28-22)15(2)16-3-6-18(32)7-4-16/h3-8,12,14-15,32H,9-11,13H2,1-2H3/t14-,15?/m1/s1. The molecule has 0 spiro atoms. The van der Waals surface area contributed by atoms with Crippen molar-refractivity contribution in [2.24, 2.45) is 0 Å². The monoisotopic (exact) mass is 498 g/mol. The number of hydrogen-bond donors (Lipinski definition) is 1. The van der Waals surface area contributed by atoms with Gasteiger partial charge < -0.3 is 14.9 Å². The molecule has 2 aliphatic rings. The number of carbonyl (C=O) groups excluding carboxylic acids is 2. The van der Waals surface area contributed by atoms with Crippen molar-refractivity contribution in [3.63, 3.8) is 0 Å². The molecular formula is C25H24Cl2N4O3. The number of amides is 2. The van der Waals surface area contributed by atoms with E-state index >= 15 is 0 Å². The molecular weight excluding hydrogens is 475 g/mol. The molecule has 5 rings (SSSR count). The maximum Gasteiger partial charge on any atom is 0.273 e. The lowest BCUT2D eigenvalue weighted by Gasteiger charge is -2.35. The van der Waals surface area contributed by atoms with Crippen LogP contribution in [0.1, 0.15) is 57.6 Å². The van der Waals surface area contributed by atoms with Crippen molar-refractivity contribution in [1.82, 2.24) is 19.6 Å². The summed E-state index contributed by atoms with van der Waals surface area (Å²) in [5, 5.41) is 15.0. The van der Waals surface area contributed by atoms with Gasteiger partial charge in [0.15, 0.2) is 0 Å². The minimum absolute atomic E-state index is 0.0754. The second-order valence-corrected chi connectivity index (χ2v) is 9.69. The number of nitrogens with zero attached hydrogens (tertiary/aromatic N) is 4.